The van der Waals surface area contributed by atoms with Crippen LogP contribution in [0, 0.1) is 0 Å². The molecule has 0 aliphatic rings. The zero-order valence-electron chi connectivity index (χ0n) is 7.54. The van der Waals surface area contributed by atoms with Crippen molar-refractivity contribution in [1.82, 2.24) is 0 Å². The molecule has 0 unspecified atom stereocenters. The summed E-state index contributed by atoms with van der Waals surface area (Å²) < 4.78 is 0. The van der Waals surface area contributed by atoms with Gasteiger partial charge in [-0.25, -0.2) is 4.79 Å². The summed E-state index contributed by atoms with van der Waals surface area (Å²) in [6.07, 6.45) is -2.29. The van der Waals surface area contributed by atoms with Gasteiger partial charge in [-0.2, -0.15) is 0 Å². The van der Waals surface area contributed by atoms with E-state index in [2.05, 4.69) is 0 Å². The molecule has 0 aliphatic carbocycles. The Kier molecular flexibility index (Phi) is 16.8. The molecule has 0 saturated carbocycles. The molecule has 0 aliphatic heterocycles. The Hall–Kier alpha value is 0.459. The normalized spacial score (nSPS) is 8.81. The van der Waals surface area contributed by atoms with E-state index in [1.807, 2.05) is 0 Å². The summed E-state index contributed by atoms with van der Waals surface area (Å²) >= 11 is 0. The van der Waals surface area contributed by atoms with E-state index < -0.39 is 36.4 Å². The standard InChI is InChI=1S/C6H8O7.ClH.Na.Sn.3H/c7-3(8)1-6(13,5(11)12)2-4(9)10;;;;;;/h13H,1-2H2,(H,7,8)(H,9,10)(H,11,12);1H;;;;;. The SMILES string of the molecule is Cl.O=C(O)CC(O)(CC(=O)O)C(=O)O.[NaH].[SnH2]. The van der Waals surface area contributed by atoms with Crippen molar-refractivity contribution in [2.75, 3.05) is 0 Å². The Balaban J connectivity index is -0.000000240. The van der Waals surface area contributed by atoms with Gasteiger partial charge < -0.3 is 20.4 Å². The van der Waals surface area contributed by atoms with E-state index in [1.54, 1.807) is 0 Å². The predicted molar refractivity (Wildman–Crippen MR) is 60.0 cm³/mol. The van der Waals surface area contributed by atoms with Crippen LogP contribution < -0.4 is 0 Å². The molecule has 0 heterocycles. The summed E-state index contributed by atoms with van der Waals surface area (Å²) in [7, 11) is 0. The summed E-state index contributed by atoms with van der Waals surface area (Å²) in [5, 5.41) is 33.8. The van der Waals surface area contributed by atoms with Crippen molar-refractivity contribution in [2.45, 2.75) is 18.4 Å². The van der Waals surface area contributed by atoms with Crippen molar-refractivity contribution < 1.29 is 34.8 Å². The average molecular weight is 373 g/mol. The number of halogens is 1. The number of hydrogen-bond donors (Lipinski definition) is 4. The van der Waals surface area contributed by atoms with Crippen LogP contribution in [0.3, 0.4) is 0 Å². The number of carboxylic acids is 3. The second kappa shape index (κ2) is 10.6. The second-order valence-electron chi connectivity index (χ2n) is 2.48. The number of aliphatic carboxylic acids is 3. The Bertz CT molecular complexity index is 243. The first-order valence-corrected chi connectivity index (χ1v) is 3.17. The average Bonchev–Trinajstić information content (AvgIpc) is 1.82. The van der Waals surface area contributed by atoms with Gasteiger partial charge >= 0.3 is 71.4 Å². The van der Waals surface area contributed by atoms with Crippen LogP contribution in [0.15, 0.2) is 0 Å². The molecular formula is C6H12ClNaO7Sn. The molecule has 0 spiro atoms. The zero-order chi connectivity index (χ0) is 10.6. The molecule has 4 N–H and O–H groups in total. The van der Waals surface area contributed by atoms with Crippen molar-refractivity contribution in [3.05, 3.63) is 0 Å². The zero-order valence-corrected chi connectivity index (χ0v) is 12.4. The van der Waals surface area contributed by atoms with Crippen LogP contribution in [-0.4, -0.2) is 97.4 Å². The summed E-state index contributed by atoms with van der Waals surface area (Å²) in [5.41, 5.74) is -2.74. The fourth-order valence-electron chi connectivity index (χ4n) is 0.714. The van der Waals surface area contributed by atoms with Gasteiger partial charge in [-0.3, -0.25) is 9.59 Å². The van der Waals surface area contributed by atoms with Gasteiger partial charge in [0, 0.05) is 0 Å². The number of carboxylic acid groups (broad SMARTS) is 3. The van der Waals surface area contributed by atoms with E-state index >= 15 is 0 Å². The molecule has 7 nitrogen and oxygen atoms in total. The van der Waals surface area contributed by atoms with Gasteiger partial charge in [0.25, 0.3) is 0 Å². The first-order chi connectivity index (χ1) is 5.78. The Morgan fingerprint density at radius 2 is 1.19 bits per heavy atom. The molecule has 0 bridgehead atoms. The first kappa shape index (κ1) is 25.3. The van der Waals surface area contributed by atoms with E-state index in [0.29, 0.717) is 0 Å². The Labute approximate surface area is 136 Å². The van der Waals surface area contributed by atoms with Crippen LogP contribution in [0.1, 0.15) is 12.8 Å². The molecule has 0 aromatic rings. The Morgan fingerprint density at radius 1 is 0.938 bits per heavy atom. The van der Waals surface area contributed by atoms with Crippen LogP contribution in [0.2, 0.25) is 0 Å². The van der Waals surface area contributed by atoms with Crippen molar-refractivity contribution in [3.63, 3.8) is 0 Å². The minimum atomic E-state index is -2.74. The van der Waals surface area contributed by atoms with Crippen molar-refractivity contribution in [3.8, 4) is 0 Å². The van der Waals surface area contributed by atoms with Gasteiger partial charge in [-0.1, -0.05) is 0 Å². The molecule has 0 rings (SSSR count). The number of aliphatic hydroxyl groups is 1. The van der Waals surface area contributed by atoms with Gasteiger partial charge in [0.1, 0.15) is 0 Å². The fraction of sp³-hybridized carbons (Fsp3) is 0.500. The summed E-state index contributed by atoms with van der Waals surface area (Å²) in [4.78, 5) is 30.5. The number of rotatable bonds is 5. The van der Waals surface area contributed by atoms with E-state index in [0.717, 1.165) is 0 Å². The van der Waals surface area contributed by atoms with Crippen LogP contribution in [0.4, 0.5) is 0 Å². The second-order valence-corrected chi connectivity index (χ2v) is 2.48. The maximum atomic E-state index is 10.3. The summed E-state index contributed by atoms with van der Waals surface area (Å²) in [6, 6.07) is 0. The predicted octanol–water partition coefficient (Wildman–Crippen LogP) is -2.39. The third-order valence-corrected chi connectivity index (χ3v) is 1.29. The molecule has 0 aromatic heterocycles. The summed E-state index contributed by atoms with van der Waals surface area (Å²) in [6.45, 7) is 0. The maximum absolute atomic E-state index is 10.3. The quantitative estimate of drug-likeness (QED) is 0.395. The molecule has 90 valence electrons. The van der Waals surface area contributed by atoms with Crippen molar-refractivity contribution in [2.24, 2.45) is 0 Å². The molecule has 10 heteroatoms. The van der Waals surface area contributed by atoms with Crippen molar-refractivity contribution >= 4 is 83.8 Å². The molecule has 0 amide bonds. The van der Waals surface area contributed by atoms with Crippen LogP contribution in [0.5, 0.6) is 0 Å². The summed E-state index contributed by atoms with van der Waals surface area (Å²) in [5.74, 6) is -5.02. The van der Waals surface area contributed by atoms with Gasteiger partial charge in [-0.15, -0.1) is 12.4 Å². The first-order valence-electron chi connectivity index (χ1n) is 3.17. The third-order valence-electron chi connectivity index (χ3n) is 1.29. The molecule has 0 aromatic carbocycles. The van der Waals surface area contributed by atoms with Gasteiger partial charge in [0.05, 0.1) is 12.8 Å². The number of carbonyl (C=O) groups is 3. The Morgan fingerprint density at radius 3 is 1.31 bits per heavy atom. The molecule has 16 heavy (non-hydrogen) atoms. The topological polar surface area (TPSA) is 132 Å². The fourth-order valence-corrected chi connectivity index (χ4v) is 0.714. The van der Waals surface area contributed by atoms with Gasteiger partial charge in [-0.05, 0) is 0 Å². The molecule has 0 atom stereocenters. The number of hydrogen-bond acceptors (Lipinski definition) is 4. The molecule has 0 saturated heterocycles. The van der Waals surface area contributed by atoms with E-state index in [9.17, 15) is 14.4 Å². The van der Waals surface area contributed by atoms with Gasteiger partial charge in [0.15, 0.2) is 5.60 Å². The van der Waals surface area contributed by atoms with E-state index in [4.69, 9.17) is 20.4 Å². The van der Waals surface area contributed by atoms with E-state index in [1.165, 1.54) is 0 Å². The monoisotopic (exact) mass is 374 g/mol. The van der Waals surface area contributed by atoms with Crippen LogP contribution in [0.25, 0.3) is 0 Å². The van der Waals surface area contributed by atoms with Gasteiger partial charge in [0.2, 0.25) is 0 Å². The van der Waals surface area contributed by atoms with Crippen LogP contribution >= 0.6 is 12.4 Å². The minimum absolute atomic E-state index is 0. The van der Waals surface area contributed by atoms with Crippen LogP contribution in [-0.2, 0) is 14.4 Å². The van der Waals surface area contributed by atoms with E-state index in [-0.39, 0.29) is 65.9 Å². The van der Waals surface area contributed by atoms with Crippen molar-refractivity contribution in [1.29, 1.82) is 0 Å². The molecule has 2 radical (unpaired) electrons. The third kappa shape index (κ3) is 9.67. The molecular weight excluding hydrogens is 361 g/mol. The molecule has 0 fully saturated rings.